The maximum absolute atomic E-state index is 6.45. The highest BCUT2D eigenvalue weighted by molar-refractivity contribution is 4.61. The molecule has 0 saturated carbocycles. The fourth-order valence-electron chi connectivity index (χ4n) is 3.68. The molecule has 3 nitrogen and oxygen atoms in total. The van der Waals surface area contributed by atoms with Crippen molar-refractivity contribution in [2.24, 2.45) is 0 Å². The van der Waals surface area contributed by atoms with E-state index in [0.717, 1.165) is 22.1 Å². The molecule has 26 heavy (non-hydrogen) atoms. The summed E-state index contributed by atoms with van der Waals surface area (Å²) in [5.41, 5.74) is 0. The van der Waals surface area contributed by atoms with Crippen molar-refractivity contribution in [1.82, 2.24) is 0 Å². The van der Waals surface area contributed by atoms with Gasteiger partial charge in [-0.25, -0.2) is 0 Å². The summed E-state index contributed by atoms with van der Waals surface area (Å²) in [7, 11) is 13.6. The zero-order chi connectivity index (χ0) is 20.1. The molecule has 0 saturated heterocycles. The van der Waals surface area contributed by atoms with E-state index in [1.165, 1.54) is 70.6 Å². The number of hydrogen-bond acceptors (Lipinski definition) is 1. The summed E-state index contributed by atoms with van der Waals surface area (Å²) in [5.74, 6) is 0. The molecule has 0 aliphatic rings. The van der Waals surface area contributed by atoms with Crippen LogP contribution in [0.25, 0.3) is 0 Å². The largest absolute Gasteiger partial charge is 0.363 e. The lowest BCUT2D eigenvalue weighted by atomic mass is 10.0. The highest BCUT2D eigenvalue weighted by Crippen LogP contribution is 2.15. The number of nitrogens with zero attached hydrogens (tertiary/aromatic N) is 2. The van der Waals surface area contributed by atoms with E-state index in [0.29, 0.717) is 12.2 Å². The van der Waals surface area contributed by atoms with Gasteiger partial charge in [-0.05, 0) is 13.3 Å². The molecular weight excluding hydrogens is 320 g/mol. The van der Waals surface area contributed by atoms with Crippen LogP contribution in [0.3, 0.4) is 0 Å². The molecule has 0 amide bonds. The van der Waals surface area contributed by atoms with Gasteiger partial charge in [0.2, 0.25) is 0 Å². The molecule has 158 valence electrons. The smallest absolute Gasteiger partial charge is 0.155 e. The van der Waals surface area contributed by atoms with Crippen LogP contribution in [0.1, 0.15) is 84.5 Å². The normalized spacial score (nSPS) is 14.2. The van der Waals surface area contributed by atoms with Gasteiger partial charge in [0, 0.05) is 0 Å². The summed E-state index contributed by atoms with van der Waals surface area (Å²) in [6.07, 6.45) is 16.0. The quantitative estimate of drug-likeness (QED) is 0.242. The van der Waals surface area contributed by atoms with E-state index < -0.39 is 0 Å². The maximum atomic E-state index is 6.45. The summed E-state index contributed by atoms with van der Waals surface area (Å²) >= 11 is 0. The molecule has 0 aromatic carbocycles. The van der Waals surface area contributed by atoms with Crippen LogP contribution in [-0.4, -0.2) is 76.5 Å². The average Bonchev–Trinajstić information content (AvgIpc) is 2.45. The van der Waals surface area contributed by atoms with Crippen LogP contribution in [0, 0.1) is 0 Å². The zero-order valence-corrected chi connectivity index (χ0v) is 19.6. The second-order valence-corrected chi connectivity index (χ2v) is 10.5. The molecule has 0 bridgehead atoms. The van der Waals surface area contributed by atoms with Gasteiger partial charge in [0.1, 0.15) is 13.1 Å². The van der Waals surface area contributed by atoms with E-state index in [1.54, 1.807) is 0 Å². The van der Waals surface area contributed by atoms with E-state index >= 15 is 0 Å². The van der Waals surface area contributed by atoms with Crippen molar-refractivity contribution in [1.29, 1.82) is 0 Å². The zero-order valence-electron chi connectivity index (χ0n) is 19.6. The monoisotopic (exact) mass is 372 g/mol. The van der Waals surface area contributed by atoms with Crippen LogP contribution < -0.4 is 0 Å². The number of unbranched alkanes of at least 4 members (excludes halogenated alkanes) is 9. The lowest BCUT2D eigenvalue weighted by Gasteiger charge is -2.35. The topological polar surface area (TPSA) is 9.23 Å². The SMILES string of the molecule is CCCCCCCCCCCCC(C)OC(C[N+](C)(C)C)C[N+](C)(C)C. The molecule has 1 atom stereocenters. The van der Waals surface area contributed by atoms with Gasteiger partial charge in [-0.1, -0.05) is 71.1 Å². The van der Waals surface area contributed by atoms with Crippen molar-refractivity contribution >= 4 is 0 Å². The van der Waals surface area contributed by atoms with Crippen molar-refractivity contribution in [2.75, 3.05) is 55.4 Å². The Morgan fingerprint density at radius 3 is 1.38 bits per heavy atom. The lowest BCUT2D eigenvalue weighted by molar-refractivity contribution is -0.896. The summed E-state index contributed by atoms with van der Waals surface area (Å²) in [5, 5.41) is 0. The number of likely N-dealkylation sites (N-methyl/N-ethyl adjacent to an activating group) is 2. The molecule has 0 rings (SSSR count). The van der Waals surface area contributed by atoms with Crippen LogP contribution in [0.2, 0.25) is 0 Å². The minimum atomic E-state index is 0.341. The summed E-state index contributed by atoms with van der Waals surface area (Å²) in [6.45, 7) is 6.72. The summed E-state index contributed by atoms with van der Waals surface area (Å²) in [4.78, 5) is 0. The molecule has 0 heterocycles. The van der Waals surface area contributed by atoms with E-state index in [4.69, 9.17) is 4.74 Å². The average molecular weight is 373 g/mol. The number of rotatable bonds is 17. The molecule has 0 spiro atoms. The Morgan fingerprint density at radius 1 is 0.615 bits per heavy atom. The maximum Gasteiger partial charge on any atom is 0.155 e. The molecule has 0 fully saturated rings. The highest BCUT2D eigenvalue weighted by atomic mass is 16.5. The molecule has 0 aromatic heterocycles. The van der Waals surface area contributed by atoms with Crippen molar-refractivity contribution in [3.05, 3.63) is 0 Å². The highest BCUT2D eigenvalue weighted by Gasteiger charge is 2.26. The van der Waals surface area contributed by atoms with Gasteiger partial charge in [-0.15, -0.1) is 0 Å². The summed E-state index contributed by atoms with van der Waals surface area (Å²) in [6, 6.07) is 0. The van der Waals surface area contributed by atoms with Crippen molar-refractivity contribution in [2.45, 2.75) is 96.7 Å². The molecule has 0 radical (unpaired) electrons. The Kier molecular flexibility index (Phi) is 13.9. The van der Waals surface area contributed by atoms with Crippen molar-refractivity contribution in [3.63, 3.8) is 0 Å². The number of ether oxygens (including phenoxy) is 1. The van der Waals surface area contributed by atoms with Crippen LogP contribution in [0.4, 0.5) is 0 Å². The second kappa shape index (κ2) is 14.0. The van der Waals surface area contributed by atoms with Crippen LogP contribution in [-0.2, 0) is 4.74 Å². The molecule has 0 N–H and O–H groups in total. The predicted molar refractivity (Wildman–Crippen MR) is 117 cm³/mol. The number of hydrogen-bond donors (Lipinski definition) is 0. The van der Waals surface area contributed by atoms with Gasteiger partial charge in [0.15, 0.2) is 6.10 Å². The third-order valence-electron chi connectivity index (χ3n) is 4.89. The molecule has 1 unspecified atom stereocenters. The summed E-state index contributed by atoms with van der Waals surface area (Å²) < 4.78 is 8.39. The number of quaternary nitrogens is 2. The Morgan fingerprint density at radius 2 is 1.00 bits per heavy atom. The Hall–Kier alpha value is -0.120. The van der Waals surface area contributed by atoms with Gasteiger partial charge < -0.3 is 13.7 Å². The first-order valence-corrected chi connectivity index (χ1v) is 11.3. The fraction of sp³-hybridized carbons (Fsp3) is 1.00. The van der Waals surface area contributed by atoms with Gasteiger partial charge in [0.25, 0.3) is 0 Å². The fourth-order valence-corrected chi connectivity index (χ4v) is 3.68. The lowest BCUT2D eigenvalue weighted by Crippen LogP contribution is -2.51. The van der Waals surface area contributed by atoms with Gasteiger partial charge in [-0.3, -0.25) is 0 Å². The molecule has 0 aliphatic heterocycles. The van der Waals surface area contributed by atoms with Gasteiger partial charge in [-0.2, -0.15) is 0 Å². The third kappa shape index (κ3) is 18.7. The minimum absolute atomic E-state index is 0.341. The van der Waals surface area contributed by atoms with E-state index in [1.807, 2.05) is 0 Å². The molecular formula is C23H52N2O+2. The second-order valence-electron chi connectivity index (χ2n) is 10.5. The molecule has 0 aliphatic carbocycles. The van der Waals surface area contributed by atoms with Gasteiger partial charge >= 0.3 is 0 Å². The van der Waals surface area contributed by atoms with E-state index in [9.17, 15) is 0 Å². The first-order valence-electron chi connectivity index (χ1n) is 11.3. The first kappa shape index (κ1) is 25.9. The minimum Gasteiger partial charge on any atom is -0.363 e. The molecule has 3 heteroatoms. The standard InChI is InChI=1S/C23H52N2O/c1-9-10-11-12-13-14-15-16-17-18-19-22(2)26-23(20-24(3,4)5)21-25(6,7)8/h22-23H,9-21H2,1-8H3/q+2. The van der Waals surface area contributed by atoms with Gasteiger partial charge in [0.05, 0.1) is 48.4 Å². The van der Waals surface area contributed by atoms with Crippen molar-refractivity contribution in [3.8, 4) is 0 Å². The first-order chi connectivity index (χ1) is 12.0. The van der Waals surface area contributed by atoms with Crippen LogP contribution >= 0.6 is 0 Å². The van der Waals surface area contributed by atoms with Crippen molar-refractivity contribution < 1.29 is 13.7 Å². The van der Waals surface area contributed by atoms with E-state index in [-0.39, 0.29) is 0 Å². The van der Waals surface area contributed by atoms with E-state index in [2.05, 4.69) is 56.1 Å². The van der Waals surface area contributed by atoms with Crippen LogP contribution in [0.15, 0.2) is 0 Å². The Balaban J connectivity index is 3.86. The van der Waals surface area contributed by atoms with Crippen LogP contribution in [0.5, 0.6) is 0 Å². The molecule has 0 aromatic rings. The Labute approximate surface area is 166 Å². The third-order valence-corrected chi connectivity index (χ3v) is 4.89. The predicted octanol–water partition coefficient (Wildman–Crippen LogP) is 5.48. The Bertz CT molecular complexity index is 301.